The Morgan fingerprint density at radius 2 is 1.79 bits per heavy atom. The van der Waals surface area contributed by atoms with Gasteiger partial charge in [0, 0.05) is 57.3 Å². The van der Waals surface area contributed by atoms with Crippen molar-refractivity contribution in [3.05, 3.63) is 66.0 Å². The summed E-state index contributed by atoms with van der Waals surface area (Å²) in [5, 5.41) is 4.44. The number of carbonyl (C=O) groups excluding carboxylic acids is 1. The number of nitrogens with zero attached hydrogens (tertiary/aromatic N) is 4. The molecule has 28 heavy (non-hydrogen) atoms. The molecule has 3 aromatic rings. The van der Waals surface area contributed by atoms with Crippen LogP contribution in [0, 0.1) is 0 Å². The van der Waals surface area contributed by atoms with Gasteiger partial charge >= 0.3 is 0 Å². The summed E-state index contributed by atoms with van der Waals surface area (Å²) in [6.07, 6.45) is 5.34. The van der Waals surface area contributed by atoms with Crippen molar-refractivity contribution in [1.29, 1.82) is 0 Å². The Labute approximate surface area is 164 Å². The smallest absolute Gasteiger partial charge is 0.256 e. The third-order valence-corrected chi connectivity index (χ3v) is 6.13. The molecule has 2 aromatic heterocycles. The number of benzene rings is 1. The van der Waals surface area contributed by atoms with Gasteiger partial charge in [-0.15, -0.1) is 0 Å². The lowest BCUT2D eigenvalue weighted by Gasteiger charge is -2.50. The van der Waals surface area contributed by atoms with Crippen molar-refractivity contribution in [3.8, 4) is 0 Å². The van der Waals surface area contributed by atoms with E-state index in [1.807, 2.05) is 31.4 Å². The SMILES string of the molecule is CN1c2ncccc2C(=O)NC12CCN(Cc1cccc3cccnc13)CC2. The zero-order chi connectivity index (χ0) is 19.1. The molecule has 0 radical (unpaired) electrons. The Hall–Kier alpha value is -2.99. The number of aromatic nitrogens is 2. The summed E-state index contributed by atoms with van der Waals surface area (Å²) in [4.78, 5) is 26.3. The number of hydrogen-bond acceptors (Lipinski definition) is 5. The van der Waals surface area contributed by atoms with Crippen molar-refractivity contribution in [2.45, 2.75) is 25.0 Å². The molecule has 2 aliphatic rings. The Balaban J connectivity index is 1.35. The highest BCUT2D eigenvalue weighted by Gasteiger charge is 2.44. The second kappa shape index (κ2) is 6.56. The highest BCUT2D eigenvalue weighted by molar-refractivity contribution is 6.01. The fraction of sp³-hybridized carbons (Fsp3) is 0.318. The number of rotatable bonds is 2. The fourth-order valence-corrected chi connectivity index (χ4v) is 4.48. The van der Waals surface area contributed by atoms with Gasteiger partial charge in [-0.2, -0.15) is 0 Å². The normalized spacial score (nSPS) is 18.9. The first kappa shape index (κ1) is 17.1. The zero-order valence-electron chi connectivity index (χ0n) is 15.9. The molecule has 0 unspecified atom stereocenters. The molecule has 1 saturated heterocycles. The van der Waals surface area contributed by atoms with Gasteiger partial charge in [-0.1, -0.05) is 24.3 Å². The number of likely N-dealkylation sites (tertiary alicyclic amines) is 1. The van der Waals surface area contributed by atoms with Crippen LogP contribution in [0.15, 0.2) is 54.9 Å². The van der Waals surface area contributed by atoms with Crippen LogP contribution in [0.1, 0.15) is 28.8 Å². The maximum absolute atomic E-state index is 12.6. The molecule has 1 amide bonds. The van der Waals surface area contributed by atoms with E-state index in [-0.39, 0.29) is 11.6 Å². The van der Waals surface area contributed by atoms with E-state index in [1.54, 1.807) is 6.20 Å². The maximum atomic E-state index is 12.6. The molecule has 1 N–H and O–H groups in total. The summed E-state index contributed by atoms with van der Waals surface area (Å²) in [6, 6.07) is 14.1. The summed E-state index contributed by atoms with van der Waals surface area (Å²) in [6.45, 7) is 2.70. The molecule has 2 aliphatic heterocycles. The zero-order valence-corrected chi connectivity index (χ0v) is 15.9. The number of hydrogen-bond donors (Lipinski definition) is 1. The van der Waals surface area contributed by atoms with Gasteiger partial charge in [0.25, 0.3) is 5.91 Å². The van der Waals surface area contributed by atoms with Crippen molar-refractivity contribution < 1.29 is 4.79 Å². The molecule has 142 valence electrons. The lowest BCUT2D eigenvalue weighted by atomic mass is 9.91. The molecule has 4 heterocycles. The highest BCUT2D eigenvalue weighted by Crippen LogP contribution is 2.35. The van der Waals surface area contributed by atoms with Crippen LogP contribution < -0.4 is 10.2 Å². The second-order valence-corrected chi connectivity index (χ2v) is 7.69. The Morgan fingerprint density at radius 1 is 1.04 bits per heavy atom. The van der Waals surface area contributed by atoms with Crippen molar-refractivity contribution in [3.63, 3.8) is 0 Å². The van der Waals surface area contributed by atoms with Crippen molar-refractivity contribution in [1.82, 2.24) is 20.2 Å². The van der Waals surface area contributed by atoms with Gasteiger partial charge < -0.3 is 10.2 Å². The number of pyridine rings is 2. The first-order chi connectivity index (χ1) is 13.7. The largest absolute Gasteiger partial charge is 0.336 e. The van der Waals surface area contributed by atoms with E-state index in [0.717, 1.165) is 43.8 Å². The van der Waals surface area contributed by atoms with E-state index in [2.05, 4.69) is 49.4 Å². The van der Waals surface area contributed by atoms with Gasteiger partial charge in [0.05, 0.1) is 11.1 Å². The molecule has 0 atom stereocenters. The van der Waals surface area contributed by atoms with Gasteiger partial charge in [0.1, 0.15) is 11.5 Å². The van der Waals surface area contributed by atoms with E-state index < -0.39 is 0 Å². The van der Waals surface area contributed by atoms with Gasteiger partial charge in [-0.25, -0.2) is 4.98 Å². The molecule has 0 aliphatic carbocycles. The summed E-state index contributed by atoms with van der Waals surface area (Å²) >= 11 is 0. The van der Waals surface area contributed by atoms with Crippen molar-refractivity contribution in [2.75, 3.05) is 25.0 Å². The lowest BCUT2D eigenvalue weighted by Crippen LogP contribution is -2.66. The number of anilines is 1. The molecule has 6 heteroatoms. The third kappa shape index (κ3) is 2.72. The minimum absolute atomic E-state index is 0.0205. The number of nitrogens with one attached hydrogen (secondary N) is 1. The molecule has 1 aromatic carbocycles. The second-order valence-electron chi connectivity index (χ2n) is 7.69. The summed E-state index contributed by atoms with van der Waals surface area (Å²) < 4.78 is 0. The van der Waals surface area contributed by atoms with Crippen LogP contribution in [0.5, 0.6) is 0 Å². The number of piperidine rings is 1. The van der Waals surface area contributed by atoms with Crippen molar-refractivity contribution >= 4 is 22.6 Å². The Morgan fingerprint density at radius 3 is 2.64 bits per heavy atom. The first-order valence-electron chi connectivity index (χ1n) is 9.73. The van der Waals surface area contributed by atoms with Gasteiger partial charge in [-0.3, -0.25) is 14.7 Å². The maximum Gasteiger partial charge on any atom is 0.256 e. The summed E-state index contributed by atoms with van der Waals surface area (Å²) in [5.74, 6) is 0.755. The molecule has 5 rings (SSSR count). The fourth-order valence-electron chi connectivity index (χ4n) is 4.48. The van der Waals surface area contributed by atoms with Gasteiger partial charge in [-0.05, 0) is 23.8 Å². The van der Waals surface area contributed by atoms with Crippen LogP contribution in [-0.2, 0) is 6.54 Å². The number of para-hydroxylation sites is 1. The van der Waals surface area contributed by atoms with E-state index in [9.17, 15) is 4.79 Å². The number of carbonyl (C=O) groups is 1. The Kier molecular flexibility index (Phi) is 4.02. The molecule has 1 fully saturated rings. The van der Waals surface area contributed by atoms with Crippen LogP contribution in [-0.4, -0.2) is 46.6 Å². The molecular weight excluding hydrogens is 350 g/mol. The monoisotopic (exact) mass is 373 g/mol. The van der Waals surface area contributed by atoms with E-state index >= 15 is 0 Å². The van der Waals surface area contributed by atoms with E-state index in [1.165, 1.54) is 10.9 Å². The number of fused-ring (bicyclic) bond motifs is 2. The summed E-state index contributed by atoms with van der Waals surface area (Å²) in [5.41, 5.74) is 2.62. The van der Waals surface area contributed by atoms with E-state index in [4.69, 9.17) is 0 Å². The van der Waals surface area contributed by atoms with Crippen molar-refractivity contribution in [2.24, 2.45) is 0 Å². The molecular formula is C22H23N5O. The van der Waals surface area contributed by atoms with Gasteiger partial charge in [0.15, 0.2) is 0 Å². The number of amides is 1. The minimum Gasteiger partial charge on any atom is -0.336 e. The average Bonchev–Trinajstić information content (AvgIpc) is 2.74. The van der Waals surface area contributed by atoms with Crippen LogP contribution in [0.3, 0.4) is 0 Å². The first-order valence-corrected chi connectivity index (χ1v) is 9.73. The topological polar surface area (TPSA) is 61.4 Å². The third-order valence-electron chi connectivity index (χ3n) is 6.13. The predicted octanol–water partition coefficient (Wildman–Crippen LogP) is 2.80. The quantitative estimate of drug-likeness (QED) is 0.748. The molecule has 0 bridgehead atoms. The van der Waals surface area contributed by atoms with Crippen LogP contribution in [0.4, 0.5) is 5.82 Å². The van der Waals surface area contributed by atoms with E-state index in [0.29, 0.717) is 5.56 Å². The van der Waals surface area contributed by atoms with Crippen LogP contribution >= 0.6 is 0 Å². The molecule has 0 saturated carbocycles. The van der Waals surface area contributed by atoms with Gasteiger partial charge in [0.2, 0.25) is 0 Å². The molecule has 1 spiro atoms. The predicted molar refractivity (Wildman–Crippen MR) is 109 cm³/mol. The summed E-state index contributed by atoms with van der Waals surface area (Å²) in [7, 11) is 2.04. The van der Waals surface area contributed by atoms with Crippen LogP contribution in [0.25, 0.3) is 10.9 Å². The standard InChI is InChI=1S/C22H23N5O/c1-26-20-18(8-4-12-24-20)21(28)25-22(26)9-13-27(14-10-22)15-17-6-2-5-16-7-3-11-23-19(16)17/h2-8,11-12H,9-10,13-15H2,1H3,(H,25,28). The molecule has 6 nitrogen and oxygen atoms in total. The minimum atomic E-state index is -0.355. The highest BCUT2D eigenvalue weighted by atomic mass is 16.2. The van der Waals surface area contributed by atoms with Crippen LogP contribution in [0.2, 0.25) is 0 Å². The lowest BCUT2D eigenvalue weighted by molar-refractivity contribution is 0.0772. The Bertz CT molecular complexity index is 1040. The average molecular weight is 373 g/mol.